The lowest BCUT2D eigenvalue weighted by Gasteiger charge is -2.15. The predicted octanol–water partition coefficient (Wildman–Crippen LogP) is 2.75. The molecule has 3 unspecified atom stereocenters. The Hall–Kier alpha value is -1.66. The summed E-state index contributed by atoms with van der Waals surface area (Å²) < 4.78 is 22.6. The zero-order valence-electron chi connectivity index (χ0n) is 14.8. The first kappa shape index (κ1) is 18.7. The van der Waals surface area contributed by atoms with Crippen LogP contribution in [0.1, 0.15) is 46.2 Å². The topological polar surface area (TPSA) is 89.3 Å². The summed E-state index contributed by atoms with van der Waals surface area (Å²) in [5.41, 5.74) is 2.03. The van der Waals surface area contributed by atoms with Crippen molar-refractivity contribution in [1.29, 1.82) is 0 Å². The summed E-state index contributed by atoms with van der Waals surface area (Å²) in [7, 11) is -3.70. The monoisotopic (exact) mass is 350 g/mol. The van der Waals surface area contributed by atoms with E-state index in [-0.39, 0.29) is 34.1 Å². The van der Waals surface area contributed by atoms with Crippen molar-refractivity contribution >= 4 is 15.9 Å². The number of allylic oxidation sites excluding steroid dienone is 2. The minimum atomic E-state index is -3.70. The van der Waals surface area contributed by atoms with Crippen LogP contribution in [0.25, 0.3) is 0 Å². The molecule has 1 aliphatic carbocycles. The van der Waals surface area contributed by atoms with Crippen LogP contribution in [0.5, 0.6) is 0 Å². The van der Waals surface area contributed by atoms with Gasteiger partial charge >= 0.3 is 0 Å². The van der Waals surface area contributed by atoms with Crippen molar-refractivity contribution in [2.75, 3.05) is 0 Å². The fraction of sp³-hybridized carbons (Fsp3) is 0.500. The van der Waals surface area contributed by atoms with E-state index in [1.165, 1.54) is 17.7 Å². The van der Waals surface area contributed by atoms with Crippen LogP contribution >= 0.6 is 0 Å². The number of nitrogens with one attached hydrogen (secondary N) is 1. The summed E-state index contributed by atoms with van der Waals surface area (Å²) in [4.78, 5) is 12.6. The number of hydrogen-bond donors (Lipinski definition) is 2. The molecule has 0 heterocycles. The number of amides is 1. The summed E-state index contributed by atoms with van der Waals surface area (Å²) in [6.45, 7) is 10.2. The average Bonchev–Trinajstić information content (AvgIpc) is 2.98. The van der Waals surface area contributed by atoms with Crippen LogP contribution in [-0.2, 0) is 14.8 Å². The van der Waals surface area contributed by atoms with Gasteiger partial charge in [-0.05, 0) is 49.8 Å². The second-order valence-corrected chi connectivity index (χ2v) is 8.97. The fourth-order valence-corrected chi connectivity index (χ4v) is 3.70. The molecule has 1 aliphatic rings. The van der Waals surface area contributed by atoms with Crippen LogP contribution in [-0.4, -0.2) is 14.3 Å². The van der Waals surface area contributed by atoms with Crippen molar-refractivity contribution in [3.8, 4) is 0 Å². The first-order valence-electron chi connectivity index (χ1n) is 8.02. The Morgan fingerprint density at radius 3 is 2.25 bits per heavy atom. The van der Waals surface area contributed by atoms with Crippen molar-refractivity contribution in [1.82, 2.24) is 5.32 Å². The molecule has 2 rings (SSSR count). The summed E-state index contributed by atoms with van der Waals surface area (Å²) in [6.07, 6.45) is 2.16. The average molecular weight is 350 g/mol. The van der Waals surface area contributed by atoms with Gasteiger partial charge in [-0.25, -0.2) is 13.6 Å². The van der Waals surface area contributed by atoms with Gasteiger partial charge in [0.1, 0.15) is 0 Å². The van der Waals surface area contributed by atoms with Gasteiger partial charge in [0.2, 0.25) is 15.9 Å². The van der Waals surface area contributed by atoms with E-state index in [1.54, 1.807) is 12.1 Å². The molecule has 3 atom stereocenters. The lowest BCUT2D eigenvalue weighted by molar-refractivity contribution is -0.123. The van der Waals surface area contributed by atoms with Crippen LogP contribution in [0.2, 0.25) is 0 Å². The third-order valence-electron chi connectivity index (χ3n) is 4.77. The summed E-state index contributed by atoms with van der Waals surface area (Å²) in [5, 5.41) is 8.12. The minimum Gasteiger partial charge on any atom is -0.349 e. The van der Waals surface area contributed by atoms with E-state index in [0.29, 0.717) is 0 Å². The zero-order chi connectivity index (χ0) is 18.3. The van der Waals surface area contributed by atoms with Gasteiger partial charge in [-0.2, -0.15) is 0 Å². The van der Waals surface area contributed by atoms with Gasteiger partial charge < -0.3 is 5.32 Å². The van der Waals surface area contributed by atoms with Crippen molar-refractivity contribution in [3.63, 3.8) is 0 Å². The largest absolute Gasteiger partial charge is 0.349 e. The minimum absolute atomic E-state index is 0.0291. The molecule has 0 aliphatic heterocycles. The number of benzene rings is 1. The van der Waals surface area contributed by atoms with Gasteiger partial charge in [-0.15, -0.1) is 0 Å². The van der Waals surface area contributed by atoms with Crippen LogP contribution in [0.3, 0.4) is 0 Å². The lowest BCUT2D eigenvalue weighted by Crippen LogP contribution is -2.29. The van der Waals surface area contributed by atoms with Gasteiger partial charge in [0.25, 0.3) is 0 Å². The van der Waals surface area contributed by atoms with Gasteiger partial charge in [0.15, 0.2) is 0 Å². The predicted molar refractivity (Wildman–Crippen MR) is 94.6 cm³/mol. The molecular weight excluding hydrogens is 324 g/mol. The maximum atomic E-state index is 12.6. The molecule has 1 fully saturated rings. The maximum absolute atomic E-state index is 12.6. The second-order valence-electron chi connectivity index (χ2n) is 7.41. The molecule has 1 aromatic rings. The molecule has 0 aromatic heterocycles. The smallest absolute Gasteiger partial charge is 0.238 e. The van der Waals surface area contributed by atoms with E-state index in [2.05, 4.69) is 25.2 Å². The SMILES string of the molecule is CC(C)=CC1C(C(=O)NC(C)c2ccc(S(N)(=O)=O)cc2)C1(C)C. The summed E-state index contributed by atoms with van der Waals surface area (Å²) in [5.74, 6) is 0.267. The lowest BCUT2D eigenvalue weighted by atomic mass is 10.1. The molecule has 0 saturated heterocycles. The normalized spacial score (nSPS) is 23.2. The van der Waals surface area contributed by atoms with Gasteiger partial charge in [-0.3, -0.25) is 4.79 Å². The highest BCUT2D eigenvalue weighted by atomic mass is 32.2. The number of hydrogen-bond acceptors (Lipinski definition) is 3. The molecular formula is C18H26N2O3S. The Labute approximate surface area is 144 Å². The van der Waals surface area contributed by atoms with Crippen LogP contribution in [0.4, 0.5) is 0 Å². The van der Waals surface area contributed by atoms with E-state index in [0.717, 1.165) is 5.56 Å². The highest BCUT2D eigenvalue weighted by Gasteiger charge is 2.60. The molecule has 0 bridgehead atoms. The van der Waals surface area contributed by atoms with Gasteiger partial charge in [-0.1, -0.05) is 37.6 Å². The van der Waals surface area contributed by atoms with Crippen molar-refractivity contribution in [2.45, 2.75) is 45.6 Å². The number of nitrogens with two attached hydrogens (primary N) is 1. The Morgan fingerprint density at radius 1 is 1.25 bits per heavy atom. The number of primary sulfonamides is 1. The molecule has 1 aromatic carbocycles. The van der Waals surface area contributed by atoms with E-state index < -0.39 is 10.0 Å². The Morgan fingerprint density at radius 2 is 1.79 bits per heavy atom. The maximum Gasteiger partial charge on any atom is 0.238 e. The standard InChI is InChI=1S/C18H26N2O3S/c1-11(2)10-15-16(18(15,4)5)17(21)20-12(3)13-6-8-14(9-7-13)24(19,22)23/h6-10,12,15-16H,1-5H3,(H,20,21)(H2,19,22,23). The second kappa shape index (κ2) is 6.33. The third-order valence-corrected chi connectivity index (χ3v) is 5.70. The molecule has 5 nitrogen and oxygen atoms in total. The van der Waals surface area contributed by atoms with E-state index in [4.69, 9.17) is 5.14 Å². The van der Waals surface area contributed by atoms with E-state index in [9.17, 15) is 13.2 Å². The summed E-state index contributed by atoms with van der Waals surface area (Å²) >= 11 is 0. The Kier molecular flexibility index (Phi) is 4.93. The van der Waals surface area contributed by atoms with Crippen molar-refractivity contribution < 1.29 is 13.2 Å². The fourth-order valence-electron chi connectivity index (χ4n) is 3.18. The van der Waals surface area contributed by atoms with Crippen molar-refractivity contribution in [3.05, 3.63) is 41.5 Å². The van der Waals surface area contributed by atoms with Crippen LogP contribution in [0, 0.1) is 17.3 Å². The van der Waals surface area contributed by atoms with Crippen LogP contribution in [0.15, 0.2) is 40.8 Å². The number of sulfonamides is 1. The molecule has 24 heavy (non-hydrogen) atoms. The molecule has 1 amide bonds. The van der Waals surface area contributed by atoms with Crippen LogP contribution < -0.4 is 10.5 Å². The molecule has 132 valence electrons. The first-order chi connectivity index (χ1) is 10.9. The highest BCUT2D eigenvalue weighted by molar-refractivity contribution is 7.89. The number of carbonyl (C=O) groups is 1. The van der Waals surface area contributed by atoms with Crippen molar-refractivity contribution in [2.24, 2.45) is 22.4 Å². The van der Waals surface area contributed by atoms with E-state index >= 15 is 0 Å². The number of carbonyl (C=O) groups excluding carboxylic acids is 1. The molecule has 0 spiro atoms. The molecule has 3 N–H and O–H groups in total. The van der Waals surface area contributed by atoms with Gasteiger partial charge in [0.05, 0.1) is 16.9 Å². The van der Waals surface area contributed by atoms with Gasteiger partial charge in [0, 0.05) is 0 Å². The Balaban J connectivity index is 2.06. The molecule has 1 saturated carbocycles. The molecule has 6 heteroatoms. The highest BCUT2D eigenvalue weighted by Crippen LogP contribution is 2.59. The Bertz CT molecular complexity index is 760. The summed E-state index contributed by atoms with van der Waals surface area (Å²) in [6, 6.07) is 6.07. The first-order valence-corrected chi connectivity index (χ1v) is 9.57. The zero-order valence-corrected chi connectivity index (χ0v) is 15.6. The van der Waals surface area contributed by atoms with E-state index in [1.807, 2.05) is 20.8 Å². The number of rotatable bonds is 5. The third kappa shape index (κ3) is 3.87. The molecule has 0 radical (unpaired) electrons. The quantitative estimate of drug-likeness (QED) is 0.800.